The maximum Gasteiger partial charge on any atom is 0.417 e. The molecule has 2 nitrogen and oxygen atoms in total. The number of benzene rings is 4. The van der Waals surface area contributed by atoms with Crippen LogP contribution < -0.4 is 10.6 Å². The molecule has 0 fully saturated rings. The van der Waals surface area contributed by atoms with Crippen molar-refractivity contribution in [3.05, 3.63) is 104 Å². The molecular formula is C28H14Br2F12N2. The van der Waals surface area contributed by atoms with E-state index in [0.717, 1.165) is 4.90 Å². The molecule has 0 aliphatic carbocycles. The van der Waals surface area contributed by atoms with Gasteiger partial charge in [0.1, 0.15) is 0 Å². The van der Waals surface area contributed by atoms with Gasteiger partial charge in [-0.25, -0.2) is 0 Å². The molecule has 4 aromatic carbocycles. The molecule has 0 aliphatic rings. The average Bonchev–Trinajstić information content (AvgIpc) is 2.89. The molecule has 0 bridgehead atoms. The molecule has 4 aromatic rings. The number of rotatable bonds is 4. The fourth-order valence-corrected chi connectivity index (χ4v) is 5.73. The SMILES string of the molecule is Nc1c(Br)c(C(F)(F)F)cc(C(F)(F)F)c1-c1c(C(F)(F)F)cc(C(F)(F)F)c(Br)c1N(c1ccccc1)c1ccccc1. The monoisotopic (exact) mass is 764 g/mol. The number of hydrogen-bond acceptors (Lipinski definition) is 2. The predicted molar refractivity (Wildman–Crippen MR) is 146 cm³/mol. The second kappa shape index (κ2) is 11.5. The minimum atomic E-state index is -5.77. The molecule has 0 unspecified atom stereocenters. The number of alkyl halides is 12. The maximum atomic E-state index is 14.7. The molecule has 44 heavy (non-hydrogen) atoms. The number of halogens is 14. The molecule has 234 valence electrons. The summed E-state index contributed by atoms with van der Waals surface area (Å²) in [5.74, 6) is 0. The fraction of sp³-hybridized carbons (Fsp3) is 0.143. The van der Waals surface area contributed by atoms with Crippen LogP contribution in [-0.4, -0.2) is 0 Å². The van der Waals surface area contributed by atoms with Crippen molar-refractivity contribution < 1.29 is 52.7 Å². The second-order valence-corrected chi connectivity index (χ2v) is 10.7. The van der Waals surface area contributed by atoms with Crippen LogP contribution in [0.3, 0.4) is 0 Å². The smallest absolute Gasteiger partial charge is 0.397 e. The van der Waals surface area contributed by atoms with Crippen LogP contribution in [0, 0.1) is 0 Å². The Hall–Kier alpha value is -3.40. The van der Waals surface area contributed by atoms with E-state index >= 15 is 0 Å². The van der Waals surface area contributed by atoms with Crippen LogP contribution in [0.4, 0.5) is 75.4 Å². The summed E-state index contributed by atoms with van der Waals surface area (Å²) in [6.45, 7) is 0. The number of hydrogen-bond donors (Lipinski definition) is 1. The van der Waals surface area contributed by atoms with Gasteiger partial charge in [0, 0.05) is 22.5 Å². The van der Waals surface area contributed by atoms with Gasteiger partial charge in [-0.2, -0.15) is 52.7 Å². The van der Waals surface area contributed by atoms with Crippen LogP contribution >= 0.6 is 31.9 Å². The normalized spacial score (nSPS) is 12.9. The van der Waals surface area contributed by atoms with E-state index in [1.165, 1.54) is 60.7 Å². The molecule has 2 N–H and O–H groups in total. The summed E-state index contributed by atoms with van der Waals surface area (Å²) in [5.41, 5.74) is -8.54. The molecule has 0 spiro atoms. The summed E-state index contributed by atoms with van der Waals surface area (Å²) in [4.78, 5) is 0.815. The molecular weight excluding hydrogens is 752 g/mol. The number of nitrogens with zero attached hydrogens (tertiary/aromatic N) is 1. The van der Waals surface area contributed by atoms with Crippen LogP contribution in [0.1, 0.15) is 22.3 Å². The lowest BCUT2D eigenvalue weighted by Crippen LogP contribution is -2.22. The van der Waals surface area contributed by atoms with Crippen LogP contribution in [0.15, 0.2) is 81.7 Å². The summed E-state index contributed by atoms with van der Waals surface area (Å²) in [6.07, 6.45) is -22.5. The quantitative estimate of drug-likeness (QED) is 0.166. The third kappa shape index (κ3) is 6.36. The van der Waals surface area contributed by atoms with Gasteiger partial charge in [-0.1, -0.05) is 36.4 Å². The molecule has 0 saturated heterocycles. The Kier molecular flexibility index (Phi) is 8.76. The highest BCUT2D eigenvalue weighted by molar-refractivity contribution is 9.11. The van der Waals surface area contributed by atoms with E-state index in [0.29, 0.717) is 0 Å². The summed E-state index contributed by atoms with van der Waals surface area (Å²) < 4.78 is 169. The van der Waals surface area contributed by atoms with Gasteiger partial charge >= 0.3 is 24.7 Å². The molecule has 0 amide bonds. The summed E-state index contributed by atoms with van der Waals surface area (Å²) in [6, 6.07) is 12.5. The Balaban J connectivity index is 2.38. The molecule has 0 radical (unpaired) electrons. The molecule has 0 heterocycles. The largest absolute Gasteiger partial charge is 0.417 e. The van der Waals surface area contributed by atoms with Gasteiger partial charge in [0.25, 0.3) is 0 Å². The van der Waals surface area contributed by atoms with E-state index in [2.05, 4.69) is 31.9 Å². The molecule has 0 saturated carbocycles. The number of anilines is 4. The first kappa shape index (κ1) is 33.5. The highest BCUT2D eigenvalue weighted by Crippen LogP contribution is 2.58. The van der Waals surface area contributed by atoms with Gasteiger partial charge in [0.2, 0.25) is 0 Å². The lowest BCUT2D eigenvalue weighted by Gasteiger charge is -2.33. The third-order valence-corrected chi connectivity index (χ3v) is 7.92. The van der Waals surface area contributed by atoms with E-state index in [1.54, 1.807) is 0 Å². The topological polar surface area (TPSA) is 29.3 Å². The minimum Gasteiger partial charge on any atom is -0.397 e. The van der Waals surface area contributed by atoms with E-state index in [4.69, 9.17) is 5.73 Å². The van der Waals surface area contributed by atoms with Crippen molar-refractivity contribution in [2.45, 2.75) is 24.7 Å². The maximum absolute atomic E-state index is 14.7. The first-order valence-corrected chi connectivity index (χ1v) is 13.4. The van der Waals surface area contributed by atoms with Gasteiger partial charge < -0.3 is 10.6 Å². The number of nitrogen functional groups attached to an aromatic ring is 1. The number of nitrogens with two attached hydrogens (primary N) is 1. The van der Waals surface area contributed by atoms with Gasteiger partial charge in [-0.15, -0.1) is 0 Å². The molecule has 0 aromatic heterocycles. The minimum absolute atomic E-state index is 0.105. The van der Waals surface area contributed by atoms with Gasteiger partial charge in [-0.3, -0.25) is 0 Å². The Morgan fingerprint density at radius 1 is 0.477 bits per heavy atom. The Bertz CT molecular complexity index is 1640. The zero-order chi connectivity index (χ0) is 33.0. The van der Waals surface area contributed by atoms with E-state index in [9.17, 15) is 52.7 Å². The van der Waals surface area contributed by atoms with Crippen LogP contribution in [0.5, 0.6) is 0 Å². The highest BCUT2D eigenvalue weighted by atomic mass is 79.9. The highest BCUT2D eigenvalue weighted by Gasteiger charge is 2.47. The van der Waals surface area contributed by atoms with Gasteiger partial charge in [-0.05, 0) is 68.3 Å². The zero-order valence-electron chi connectivity index (χ0n) is 21.2. The Morgan fingerprint density at radius 3 is 1.18 bits per heavy atom. The molecule has 0 aliphatic heterocycles. The summed E-state index contributed by atoms with van der Waals surface area (Å²) in [5, 5.41) is 0. The Labute approximate surface area is 257 Å². The lowest BCUT2D eigenvalue weighted by atomic mass is 9.88. The van der Waals surface area contributed by atoms with E-state index in [1.807, 2.05) is 0 Å². The summed E-state index contributed by atoms with van der Waals surface area (Å²) >= 11 is 5.14. The predicted octanol–water partition coefficient (Wildman–Crippen LogP) is 12.0. The molecule has 16 heteroatoms. The standard InChI is InChI=1S/C28H14Br2F12N2/c29-21-17(27(37,38)39)11-15(25(31,32)33)19(23(21)43)20-16(26(34,35)36)12-18(28(40,41)42)22(30)24(20)44(13-7-3-1-4-8-13)14-9-5-2-6-10-14/h1-12H,43H2. The Morgan fingerprint density at radius 2 is 0.818 bits per heavy atom. The van der Waals surface area contributed by atoms with Crippen LogP contribution in [-0.2, 0) is 24.7 Å². The second-order valence-electron chi connectivity index (χ2n) is 9.08. The lowest BCUT2D eigenvalue weighted by molar-refractivity contribution is -0.145. The van der Waals surface area contributed by atoms with Crippen molar-refractivity contribution in [1.82, 2.24) is 0 Å². The van der Waals surface area contributed by atoms with Crippen molar-refractivity contribution in [3.8, 4) is 11.1 Å². The zero-order valence-corrected chi connectivity index (χ0v) is 24.4. The van der Waals surface area contributed by atoms with E-state index < -0.39 is 90.5 Å². The average molecular weight is 766 g/mol. The van der Waals surface area contributed by atoms with Crippen molar-refractivity contribution >= 4 is 54.6 Å². The first-order valence-electron chi connectivity index (χ1n) is 11.8. The molecule has 0 atom stereocenters. The van der Waals surface area contributed by atoms with E-state index in [-0.39, 0.29) is 11.4 Å². The van der Waals surface area contributed by atoms with Crippen molar-refractivity contribution in [3.63, 3.8) is 0 Å². The molecule has 4 rings (SSSR count). The summed E-state index contributed by atoms with van der Waals surface area (Å²) in [7, 11) is 0. The first-order chi connectivity index (χ1) is 20.2. The van der Waals surface area contributed by atoms with Crippen molar-refractivity contribution in [2.75, 3.05) is 10.6 Å². The number of para-hydroxylation sites is 2. The van der Waals surface area contributed by atoms with Crippen molar-refractivity contribution in [2.24, 2.45) is 0 Å². The van der Waals surface area contributed by atoms with Crippen LogP contribution in [0.2, 0.25) is 0 Å². The third-order valence-electron chi connectivity index (χ3n) is 6.26. The van der Waals surface area contributed by atoms with Gasteiger partial charge in [0.15, 0.2) is 0 Å². The van der Waals surface area contributed by atoms with Gasteiger partial charge in [0.05, 0.1) is 42.6 Å². The van der Waals surface area contributed by atoms with Crippen LogP contribution in [0.25, 0.3) is 11.1 Å². The fourth-order valence-electron chi connectivity index (χ4n) is 4.48. The van der Waals surface area contributed by atoms with Crippen molar-refractivity contribution in [1.29, 1.82) is 0 Å².